The third kappa shape index (κ3) is 3.91. The molecule has 28 heavy (non-hydrogen) atoms. The first-order valence-electron chi connectivity index (χ1n) is 10.2. The van der Waals surface area contributed by atoms with Crippen LogP contribution in [0.4, 0.5) is 0 Å². The van der Waals surface area contributed by atoms with E-state index in [-0.39, 0.29) is 23.2 Å². The summed E-state index contributed by atoms with van der Waals surface area (Å²) in [7, 11) is 1.46. The van der Waals surface area contributed by atoms with Gasteiger partial charge < -0.3 is 14.6 Å². The second kappa shape index (κ2) is 8.02. The van der Waals surface area contributed by atoms with Gasteiger partial charge in [-0.3, -0.25) is 9.59 Å². The minimum atomic E-state index is -1.34. The van der Waals surface area contributed by atoms with Crippen LogP contribution in [0.3, 0.4) is 0 Å². The predicted octanol–water partition coefficient (Wildman–Crippen LogP) is 4.20. The lowest BCUT2D eigenvalue weighted by Gasteiger charge is -2.58. The molecule has 158 valence electrons. The highest BCUT2D eigenvalue weighted by molar-refractivity contribution is 5.77. The summed E-state index contributed by atoms with van der Waals surface area (Å²) in [6.45, 7) is 15.2. The van der Waals surface area contributed by atoms with Crippen LogP contribution in [-0.2, 0) is 19.1 Å². The van der Waals surface area contributed by atoms with E-state index in [0.717, 1.165) is 37.7 Å². The van der Waals surface area contributed by atoms with Crippen molar-refractivity contribution in [1.29, 1.82) is 0 Å². The van der Waals surface area contributed by atoms with E-state index >= 15 is 0 Å². The van der Waals surface area contributed by atoms with Crippen LogP contribution >= 0.6 is 0 Å². The molecule has 0 aromatic carbocycles. The van der Waals surface area contributed by atoms with E-state index in [4.69, 9.17) is 9.47 Å². The van der Waals surface area contributed by atoms with Gasteiger partial charge in [0.1, 0.15) is 11.7 Å². The minimum absolute atomic E-state index is 0.0336. The van der Waals surface area contributed by atoms with Crippen LogP contribution < -0.4 is 0 Å². The monoisotopic (exact) mass is 392 g/mol. The van der Waals surface area contributed by atoms with Crippen molar-refractivity contribution in [3.63, 3.8) is 0 Å². The smallest absolute Gasteiger partial charge is 0.311 e. The maximum Gasteiger partial charge on any atom is 0.311 e. The van der Waals surface area contributed by atoms with Gasteiger partial charge in [-0.05, 0) is 63.2 Å². The first-order valence-corrected chi connectivity index (χ1v) is 10.2. The second-order valence-electron chi connectivity index (χ2n) is 9.33. The van der Waals surface area contributed by atoms with E-state index in [1.54, 1.807) is 6.92 Å². The predicted molar refractivity (Wildman–Crippen MR) is 108 cm³/mol. The van der Waals surface area contributed by atoms with Crippen LogP contribution in [-0.4, -0.2) is 35.9 Å². The molecule has 2 rings (SSSR count). The number of aliphatic hydroxyl groups is 1. The fourth-order valence-electron chi connectivity index (χ4n) is 5.81. The summed E-state index contributed by atoms with van der Waals surface area (Å²) in [5, 5.41) is 10.8. The van der Waals surface area contributed by atoms with Crippen LogP contribution in [0.5, 0.6) is 0 Å². The molecule has 0 radical (unpaired) electrons. The van der Waals surface area contributed by atoms with E-state index in [0.29, 0.717) is 6.42 Å². The fraction of sp³-hybridized carbons (Fsp3) is 0.739. The second-order valence-corrected chi connectivity index (χ2v) is 9.33. The van der Waals surface area contributed by atoms with Gasteiger partial charge in [0, 0.05) is 6.92 Å². The first-order chi connectivity index (χ1) is 12.9. The normalized spacial score (nSPS) is 35.9. The number of hydrogen-bond acceptors (Lipinski definition) is 5. The Bertz CT molecular complexity index is 651. The van der Waals surface area contributed by atoms with Crippen molar-refractivity contribution < 1.29 is 24.2 Å². The Labute approximate surface area is 169 Å². The zero-order valence-electron chi connectivity index (χ0n) is 18.0. The molecule has 2 saturated carbocycles. The van der Waals surface area contributed by atoms with E-state index in [1.165, 1.54) is 20.1 Å². The molecule has 0 heterocycles. The Balaban J connectivity index is 2.42. The van der Waals surface area contributed by atoms with E-state index in [1.807, 2.05) is 6.92 Å². The molecule has 0 aliphatic heterocycles. The van der Waals surface area contributed by atoms with Crippen LogP contribution in [0.25, 0.3) is 0 Å². The maximum atomic E-state index is 12.7. The summed E-state index contributed by atoms with van der Waals surface area (Å²) in [6.07, 6.45) is 5.60. The molecule has 0 unspecified atom stereocenters. The SMILES string of the molecule is C=C[C@@](C)(O)[C@@H](C[C@H]1C(=C)CC[C@@H]2[C@]1(C)CCC[C@]2(C)C(=O)OC)OC(C)=O. The number of esters is 2. The Morgan fingerprint density at radius 1 is 1.39 bits per heavy atom. The number of rotatable bonds is 6. The van der Waals surface area contributed by atoms with Crippen LogP contribution in [0.15, 0.2) is 24.8 Å². The lowest BCUT2D eigenvalue weighted by molar-refractivity contribution is -0.171. The average Bonchev–Trinajstić information content (AvgIpc) is 2.62. The molecular weight excluding hydrogens is 356 g/mol. The topological polar surface area (TPSA) is 72.8 Å². The summed E-state index contributed by atoms with van der Waals surface area (Å²) in [5.74, 6) is -0.391. The molecule has 2 aliphatic carbocycles. The Hall–Kier alpha value is -1.62. The van der Waals surface area contributed by atoms with Gasteiger partial charge in [0.2, 0.25) is 0 Å². The molecule has 1 N–H and O–H groups in total. The van der Waals surface area contributed by atoms with Gasteiger partial charge >= 0.3 is 11.9 Å². The molecule has 6 atom stereocenters. The summed E-state index contributed by atoms with van der Waals surface area (Å²) in [6, 6.07) is 0. The number of allylic oxidation sites excluding steroid dienone is 1. The third-order valence-electron chi connectivity index (χ3n) is 7.49. The van der Waals surface area contributed by atoms with Crippen molar-refractivity contribution in [2.24, 2.45) is 22.7 Å². The fourth-order valence-corrected chi connectivity index (χ4v) is 5.81. The zero-order chi connectivity index (χ0) is 21.3. The lowest BCUT2D eigenvalue weighted by atomic mass is 9.46. The van der Waals surface area contributed by atoms with Crippen LogP contribution in [0.1, 0.15) is 66.2 Å². The van der Waals surface area contributed by atoms with Crippen LogP contribution in [0, 0.1) is 22.7 Å². The minimum Gasteiger partial charge on any atom is -0.469 e. The van der Waals surface area contributed by atoms with Gasteiger partial charge in [0.15, 0.2) is 0 Å². The number of carbonyl (C=O) groups is 2. The Kier molecular flexibility index (Phi) is 6.49. The largest absolute Gasteiger partial charge is 0.469 e. The van der Waals surface area contributed by atoms with Gasteiger partial charge in [-0.1, -0.05) is 31.6 Å². The van der Waals surface area contributed by atoms with Gasteiger partial charge in [-0.15, -0.1) is 6.58 Å². The standard InChI is InChI=1S/C23H36O5/c1-8-23(6,26)19(28-16(3)24)14-17-15(2)10-11-18-21(17,4)12-9-13-22(18,5)20(25)27-7/h8,17-19,26H,1-2,9-14H2,3-7H3/t17-,18+,19+,21+,22-,23+/m0/s1. The maximum absolute atomic E-state index is 12.7. The van der Waals surface area contributed by atoms with Gasteiger partial charge in [0.25, 0.3) is 0 Å². The van der Waals surface area contributed by atoms with Crippen molar-refractivity contribution in [2.45, 2.75) is 77.9 Å². The quantitative estimate of drug-likeness (QED) is 0.542. The van der Waals surface area contributed by atoms with E-state index < -0.39 is 23.1 Å². The highest BCUT2D eigenvalue weighted by Gasteiger charge is 2.58. The number of fused-ring (bicyclic) bond motifs is 1. The van der Waals surface area contributed by atoms with Gasteiger partial charge in [-0.2, -0.15) is 0 Å². The summed E-state index contributed by atoms with van der Waals surface area (Å²) >= 11 is 0. The zero-order valence-corrected chi connectivity index (χ0v) is 18.0. The van der Waals surface area contributed by atoms with E-state index in [9.17, 15) is 14.7 Å². The molecule has 0 aromatic rings. The molecule has 0 saturated heterocycles. The molecule has 0 spiro atoms. The van der Waals surface area contributed by atoms with Crippen molar-refractivity contribution in [1.82, 2.24) is 0 Å². The molecular formula is C23H36O5. The highest BCUT2D eigenvalue weighted by Crippen LogP contribution is 2.62. The van der Waals surface area contributed by atoms with E-state index in [2.05, 4.69) is 20.1 Å². The molecule has 0 amide bonds. The van der Waals surface area contributed by atoms with Crippen LogP contribution in [0.2, 0.25) is 0 Å². The van der Waals surface area contributed by atoms with Gasteiger partial charge in [-0.25, -0.2) is 0 Å². The Morgan fingerprint density at radius 3 is 2.57 bits per heavy atom. The molecule has 2 aliphatic rings. The number of ether oxygens (including phenoxy) is 2. The third-order valence-corrected chi connectivity index (χ3v) is 7.49. The van der Waals surface area contributed by atoms with Crippen molar-refractivity contribution in [2.75, 3.05) is 7.11 Å². The molecule has 5 heteroatoms. The molecule has 5 nitrogen and oxygen atoms in total. The summed E-state index contributed by atoms with van der Waals surface area (Å²) in [5.41, 5.74) is -0.940. The summed E-state index contributed by atoms with van der Waals surface area (Å²) in [4.78, 5) is 24.4. The van der Waals surface area contributed by atoms with Crippen molar-refractivity contribution in [3.8, 4) is 0 Å². The molecule has 0 aromatic heterocycles. The summed E-state index contributed by atoms with van der Waals surface area (Å²) < 4.78 is 10.7. The van der Waals surface area contributed by atoms with Crippen molar-refractivity contribution in [3.05, 3.63) is 24.8 Å². The molecule has 0 bridgehead atoms. The number of hydrogen-bond donors (Lipinski definition) is 1. The first kappa shape index (κ1) is 22.7. The van der Waals surface area contributed by atoms with Gasteiger partial charge in [0.05, 0.1) is 12.5 Å². The lowest BCUT2D eigenvalue weighted by Crippen LogP contribution is -2.55. The van der Waals surface area contributed by atoms with Crippen molar-refractivity contribution >= 4 is 11.9 Å². The number of methoxy groups -OCH3 is 1. The average molecular weight is 393 g/mol. The molecule has 2 fully saturated rings. The number of carbonyl (C=O) groups excluding carboxylic acids is 2. The highest BCUT2D eigenvalue weighted by atomic mass is 16.6. The Morgan fingerprint density at radius 2 is 2.04 bits per heavy atom.